The number of fused-ring (bicyclic) bond motifs is 3. The molecule has 1 N–H and O–H groups in total. The quantitative estimate of drug-likeness (QED) is 0.601. The number of ether oxygens (including phenoxy) is 2. The maximum atomic E-state index is 12.8. The van der Waals surface area contributed by atoms with Crippen molar-refractivity contribution in [2.24, 2.45) is 11.8 Å². The van der Waals surface area contributed by atoms with Crippen LogP contribution in [0.3, 0.4) is 0 Å². The number of carbonyl (C=O) groups is 3. The molecule has 7 nitrogen and oxygen atoms in total. The molecule has 0 bridgehead atoms. The van der Waals surface area contributed by atoms with Crippen molar-refractivity contribution in [3.63, 3.8) is 0 Å². The van der Waals surface area contributed by atoms with Crippen LogP contribution in [0.1, 0.15) is 68.6 Å². The Bertz CT molecular complexity index is 899. The van der Waals surface area contributed by atoms with Gasteiger partial charge in [-0.25, -0.2) is 4.79 Å². The summed E-state index contributed by atoms with van der Waals surface area (Å²) >= 11 is 0. The van der Waals surface area contributed by atoms with Crippen molar-refractivity contribution in [3.05, 3.63) is 35.2 Å². The van der Waals surface area contributed by atoms with Gasteiger partial charge in [0.2, 0.25) is 5.79 Å². The first-order valence-corrected chi connectivity index (χ1v) is 10.3. The third-order valence-corrected chi connectivity index (χ3v) is 6.54. The highest BCUT2D eigenvalue weighted by Gasteiger charge is 2.59. The van der Waals surface area contributed by atoms with Gasteiger partial charge in [0.1, 0.15) is 0 Å². The van der Waals surface area contributed by atoms with E-state index in [4.69, 9.17) is 14.6 Å². The minimum Gasteiger partial charge on any atom is -0.481 e. The smallest absolute Gasteiger partial charge is 0.336 e. The highest BCUT2D eigenvalue weighted by atomic mass is 16.7. The standard InChI is InChI=1S/C22H27NO6/c1-4-14-19-16-8-7-15(17(24)10-12(2)20(25)26)23(16)9-5-6-18(19)28-22(14)11-13(3)21(27)29-22/h7-8,11-12,14,18-19H,4-6,9-10H2,1-3H3,(H,25,26). The number of carbonyl (C=O) groups excluding carboxylic acids is 2. The van der Waals surface area contributed by atoms with Crippen LogP contribution in [0.25, 0.3) is 0 Å². The first-order chi connectivity index (χ1) is 13.8. The summed E-state index contributed by atoms with van der Waals surface area (Å²) in [4.78, 5) is 36.0. The van der Waals surface area contributed by atoms with E-state index < -0.39 is 17.7 Å². The maximum absolute atomic E-state index is 12.8. The summed E-state index contributed by atoms with van der Waals surface area (Å²) in [6.07, 6.45) is 4.11. The van der Waals surface area contributed by atoms with Gasteiger partial charge in [0.05, 0.1) is 17.7 Å². The Balaban J connectivity index is 1.69. The van der Waals surface area contributed by atoms with Crippen LogP contribution in [0, 0.1) is 11.8 Å². The number of hydrogen-bond acceptors (Lipinski definition) is 5. The highest BCUT2D eigenvalue weighted by molar-refractivity contribution is 5.97. The van der Waals surface area contributed by atoms with Gasteiger partial charge in [-0.3, -0.25) is 9.59 Å². The van der Waals surface area contributed by atoms with Crippen LogP contribution < -0.4 is 0 Å². The van der Waals surface area contributed by atoms with E-state index in [0.717, 1.165) is 25.0 Å². The Morgan fingerprint density at radius 2 is 2.14 bits per heavy atom. The molecule has 0 aromatic carbocycles. The van der Waals surface area contributed by atoms with E-state index in [-0.39, 0.29) is 36.1 Å². The number of carboxylic acids is 1. The zero-order valence-electron chi connectivity index (χ0n) is 17.0. The molecule has 1 spiro atoms. The Morgan fingerprint density at radius 1 is 1.38 bits per heavy atom. The van der Waals surface area contributed by atoms with E-state index >= 15 is 0 Å². The fourth-order valence-electron chi connectivity index (χ4n) is 5.12. The van der Waals surface area contributed by atoms with Gasteiger partial charge < -0.3 is 19.1 Å². The van der Waals surface area contributed by atoms with E-state index in [2.05, 4.69) is 6.92 Å². The second kappa shape index (κ2) is 7.13. The number of ketones is 1. The lowest BCUT2D eigenvalue weighted by atomic mass is 9.80. The molecular weight excluding hydrogens is 374 g/mol. The molecule has 0 aliphatic carbocycles. The number of nitrogens with zero attached hydrogens (tertiary/aromatic N) is 1. The van der Waals surface area contributed by atoms with Crippen LogP contribution in [0.5, 0.6) is 0 Å². The number of rotatable bonds is 5. The molecule has 4 rings (SSSR count). The third kappa shape index (κ3) is 3.12. The molecule has 7 heteroatoms. The molecule has 1 fully saturated rings. The summed E-state index contributed by atoms with van der Waals surface area (Å²) in [6.45, 7) is 6.04. The Morgan fingerprint density at radius 3 is 2.76 bits per heavy atom. The average Bonchev–Trinajstić information content (AvgIpc) is 3.25. The van der Waals surface area contributed by atoms with Crippen LogP contribution in [0.4, 0.5) is 0 Å². The molecule has 4 heterocycles. The second-order valence-corrected chi connectivity index (χ2v) is 8.44. The van der Waals surface area contributed by atoms with Crippen molar-refractivity contribution in [1.29, 1.82) is 0 Å². The minimum atomic E-state index is -1.03. The van der Waals surface area contributed by atoms with Gasteiger partial charge >= 0.3 is 11.9 Å². The van der Waals surface area contributed by atoms with Gasteiger partial charge in [0.25, 0.3) is 0 Å². The zero-order chi connectivity index (χ0) is 20.9. The minimum absolute atomic E-state index is 0.0101. The molecular formula is C22H27NO6. The van der Waals surface area contributed by atoms with Crippen LogP contribution in [0.15, 0.2) is 23.8 Å². The summed E-state index contributed by atoms with van der Waals surface area (Å²) in [6, 6.07) is 3.76. The van der Waals surface area contributed by atoms with Gasteiger partial charge in [0, 0.05) is 36.1 Å². The number of carboxylic acid groups (broad SMARTS) is 1. The van der Waals surface area contributed by atoms with E-state index in [1.54, 1.807) is 19.9 Å². The van der Waals surface area contributed by atoms with Gasteiger partial charge in [0.15, 0.2) is 5.78 Å². The molecule has 0 radical (unpaired) electrons. The van der Waals surface area contributed by atoms with E-state index in [1.807, 2.05) is 16.7 Å². The number of Topliss-reactive ketones (excluding diaryl/α,β-unsaturated/α-hetero) is 1. The monoisotopic (exact) mass is 401 g/mol. The van der Waals surface area contributed by atoms with E-state index in [1.165, 1.54) is 0 Å². The molecule has 1 saturated heterocycles. The predicted octanol–water partition coefficient (Wildman–Crippen LogP) is 3.28. The normalized spacial score (nSPS) is 31.6. The first kappa shape index (κ1) is 19.9. The molecule has 5 unspecified atom stereocenters. The molecule has 5 atom stereocenters. The zero-order valence-corrected chi connectivity index (χ0v) is 17.0. The van der Waals surface area contributed by atoms with Gasteiger partial charge in [-0.05, 0) is 44.4 Å². The highest BCUT2D eigenvalue weighted by Crippen LogP contribution is 2.54. The molecule has 0 saturated carbocycles. The summed E-state index contributed by atoms with van der Waals surface area (Å²) < 4.78 is 14.1. The van der Waals surface area contributed by atoms with Gasteiger partial charge in [-0.1, -0.05) is 13.8 Å². The summed E-state index contributed by atoms with van der Waals surface area (Å²) in [5.74, 6) is -3.25. The Kier molecular flexibility index (Phi) is 4.89. The third-order valence-electron chi connectivity index (χ3n) is 6.54. The molecule has 0 amide bonds. The average molecular weight is 401 g/mol. The fraction of sp³-hybridized carbons (Fsp3) is 0.591. The molecule has 29 heavy (non-hydrogen) atoms. The SMILES string of the molecule is CCC1C2c3ccc(C(=O)CC(C)C(=O)O)n3CCCC2OC12C=C(C)C(=O)O2. The van der Waals surface area contributed by atoms with Crippen LogP contribution >= 0.6 is 0 Å². The van der Waals surface area contributed by atoms with Gasteiger partial charge in [-0.2, -0.15) is 0 Å². The largest absolute Gasteiger partial charge is 0.481 e. The van der Waals surface area contributed by atoms with Crippen molar-refractivity contribution in [2.75, 3.05) is 0 Å². The van der Waals surface area contributed by atoms with Crippen LogP contribution in [0.2, 0.25) is 0 Å². The van der Waals surface area contributed by atoms with Crippen molar-refractivity contribution in [2.45, 2.75) is 70.8 Å². The second-order valence-electron chi connectivity index (χ2n) is 8.44. The molecule has 3 aliphatic rings. The molecule has 156 valence electrons. The maximum Gasteiger partial charge on any atom is 0.336 e. The van der Waals surface area contributed by atoms with Crippen molar-refractivity contribution in [3.8, 4) is 0 Å². The van der Waals surface area contributed by atoms with Crippen LogP contribution in [-0.2, 0) is 25.6 Å². The Hall–Kier alpha value is -2.41. The van der Waals surface area contributed by atoms with Gasteiger partial charge in [-0.15, -0.1) is 0 Å². The summed E-state index contributed by atoms with van der Waals surface area (Å²) in [5, 5.41) is 9.14. The Labute approximate surface area is 169 Å². The number of esters is 1. The fourth-order valence-corrected chi connectivity index (χ4v) is 5.12. The molecule has 1 aromatic rings. The lowest BCUT2D eigenvalue weighted by molar-refractivity contribution is -0.204. The van der Waals surface area contributed by atoms with Crippen molar-refractivity contribution in [1.82, 2.24) is 4.57 Å². The van der Waals surface area contributed by atoms with Crippen LogP contribution in [-0.4, -0.2) is 39.3 Å². The summed E-state index contributed by atoms with van der Waals surface area (Å²) in [5.41, 5.74) is 2.13. The number of aliphatic carboxylic acids is 1. The number of aromatic nitrogens is 1. The predicted molar refractivity (Wildman–Crippen MR) is 103 cm³/mol. The van der Waals surface area contributed by atoms with Crippen molar-refractivity contribution < 1.29 is 29.0 Å². The molecule has 1 aromatic heterocycles. The van der Waals surface area contributed by atoms with E-state index in [9.17, 15) is 14.4 Å². The van der Waals surface area contributed by atoms with Crippen molar-refractivity contribution >= 4 is 17.7 Å². The number of hydrogen-bond donors (Lipinski definition) is 1. The first-order valence-electron chi connectivity index (χ1n) is 10.3. The lowest BCUT2D eigenvalue weighted by Gasteiger charge is -2.29. The molecule has 3 aliphatic heterocycles. The van der Waals surface area contributed by atoms with E-state index in [0.29, 0.717) is 17.8 Å². The lowest BCUT2D eigenvalue weighted by Crippen LogP contribution is -2.36. The topological polar surface area (TPSA) is 94.8 Å². The summed E-state index contributed by atoms with van der Waals surface area (Å²) in [7, 11) is 0.